The highest BCUT2D eigenvalue weighted by atomic mass is 16.3. The summed E-state index contributed by atoms with van der Waals surface area (Å²) in [6.45, 7) is 0. The Morgan fingerprint density at radius 1 is 0.500 bits per heavy atom. The highest BCUT2D eigenvalue weighted by molar-refractivity contribution is 6.19. The minimum Gasteiger partial charge on any atom is -0.456 e. The van der Waals surface area contributed by atoms with Gasteiger partial charge in [0, 0.05) is 45.2 Å². The van der Waals surface area contributed by atoms with Gasteiger partial charge in [0.15, 0.2) is 0 Å². The number of nitrogens with zero attached hydrogens (tertiary/aromatic N) is 2. The molecule has 0 atom stereocenters. The first-order valence-electron chi connectivity index (χ1n) is 13.5. The lowest BCUT2D eigenvalue weighted by atomic mass is 9.92. The maximum atomic E-state index is 6.29. The molecule has 0 amide bonds. The molecule has 0 saturated heterocycles. The van der Waals surface area contributed by atoms with Crippen LogP contribution in [0.2, 0.25) is 0 Å². The first-order chi connectivity index (χ1) is 19.8. The maximum absolute atomic E-state index is 6.29. The Morgan fingerprint density at radius 3 is 2.02 bits per heavy atom. The molecule has 3 nitrogen and oxygen atoms in total. The van der Waals surface area contributed by atoms with E-state index in [0.29, 0.717) is 0 Å². The summed E-state index contributed by atoms with van der Waals surface area (Å²) >= 11 is 0. The SMILES string of the molecule is c1cncc(-c2cc3cc4c(cc3c3ccc(-n5c6ccccc6c6ccccc65)cc23)oc2ccccc24)c1. The van der Waals surface area contributed by atoms with Crippen molar-refractivity contribution in [3.63, 3.8) is 0 Å². The van der Waals surface area contributed by atoms with Crippen molar-refractivity contribution in [1.29, 1.82) is 0 Å². The standard InChI is InChI=1S/C37H22N2O/c1-4-12-34-27(9-1)28-10-2-5-13-35(28)39(34)25-15-16-26-31-21-37-33(29-11-3-6-14-36(29)40-37)19-24(31)18-30(32(26)20-25)23-8-7-17-38-22-23/h1-22H. The molecule has 0 aliphatic carbocycles. The van der Waals surface area contributed by atoms with Crippen LogP contribution in [0.15, 0.2) is 138 Å². The molecule has 0 unspecified atom stereocenters. The average molecular weight is 511 g/mol. The third-order valence-corrected chi connectivity index (χ3v) is 8.24. The van der Waals surface area contributed by atoms with Crippen molar-refractivity contribution < 1.29 is 4.42 Å². The van der Waals surface area contributed by atoms with E-state index in [-0.39, 0.29) is 0 Å². The first kappa shape index (κ1) is 21.5. The van der Waals surface area contributed by atoms with Crippen LogP contribution in [0.1, 0.15) is 0 Å². The molecular weight excluding hydrogens is 488 g/mol. The summed E-state index contributed by atoms with van der Waals surface area (Å²) in [7, 11) is 0. The van der Waals surface area contributed by atoms with E-state index < -0.39 is 0 Å². The summed E-state index contributed by atoms with van der Waals surface area (Å²) in [5.41, 5.74) is 7.65. The second kappa shape index (κ2) is 8.05. The van der Waals surface area contributed by atoms with Crippen LogP contribution in [0.5, 0.6) is 0 Å². The van der Waals surface area contributed by atoms with Crippen LogP contribution < -0.4 is 0 Å². The largest absolute Gasteiger partial charge is 0.456 e. The fourth-order valence-electron chi connectivity index (χ4n) is 6.46. The summed E-state index contributed by atoms with van der Waals surface area (Å²) in [4.78, 5) is 4.46. The molecule has 0 spiro atoms. The lowest BCUT2D eigenvalue weighted by molar-refractivity contribution is 0.669. The summed E-state index contributed by atoms with van der Waals surface area (Å²) in [5.74, 6) is 0. The highest BCUT2D eigenvalue weighted by Gasteiger charge is 2.16. The van der Waals surface area contributed by atoms with Gasteiger partial charge in [-0.2, -0.15) is 0 Å². The van der Waals surface area contributed by atoms with Gasteiger partial charge in [-0.1, -0.05) is 66.7 Å². The molecule has 3 heterocycles. The van der Waals surface area contributed by atoms with E-state index in [1.165, 1.54) is 48.9 Å². The molecule has 6 aromatic carbocycles. The molecule has 3 aromatic heterocycles. The lowest BCUT2D eigenvalue weighted by Crippen LogP contribution is -1.95. The Hall–Kier alpha value is -5.41. The van der Waals surface area contributed by atoms with E-state index in [1.54, 1.807) is 0 Å². The number of rotatable bonds is 2. The van der Waals surface area contributed by atoms with Crippen molar-refractivity contribution in [3.05, 3.63) is 134 Å². The molecule has 0 fully saturated rings. The molecule has 0 bridgehead atoms. The molecule has 0 aliphatic rings. The van der Waals surface area contributed by atoms with E-state index in [4.69, 9.17) is 4.42 Å². The molecule has 186 valence electrons. The maximum Gasteiger partial charge on any atom is 0.136 e. The number of pyridine rings is 1. The van der Waals surface area contributed by atoms with Crippen molar-refractivity contribution in [1.82, 2.24) is 9.55 Å². The van der Waals surface area contributed by atoms with Gasteiger partial charge in [0.2, 0.25) is 0 Å². The zero-order chi connectivity index (χ0) is 26.2. The Labute approximate surface area is 229 Å². The average Bonchev–Trinajstić information content (AvgIpc) is 3.55. The smallest absolute Gasteiger partial charge is 0.136 e. The van der Waals surface area contributed by atoms with Gasteiger partial charge in [0.25, 0.3) is 0 Å². The normalized spacial score (nSPS) is 12.0. The summed E-state index contributed by atoms with van der Waals surface area (Å²) in [6, 6.07) is 43.4. The van der Waals surface area contributed by atoms with Crippen LogP contribution >= 0.6 is 0 Å². The Bertz CT molecular complexity index is 2380. The van der Waals surface area contributed by atoms with Crippen LogP contribution in [0.3, 0.4) is 0 Å². The number of furan rings is 1. The number of hydrogen-bond acceptors (Lipinski definition) is 2. The molecule has 0 saturated carbocycles. The predicted molar refractivity (Wildman–Crippen MR) is 166 cm³/mol. The van der Waals surface area contributed by atoms with Crippen molar-refractivity contribution in [3.8, 4) is 16.8 Å². The van der Waals surface area contributed by atoms with Gasteiger partial charge in [-0.25, -0.2) is 0 Å². The molecule has 9 rings (SSSR count). The van der Waals surface area contributed by atoms with Crippen molar-refractivity contribution >= 4 is 65.3 Å². The number of aromatic nitrogens is 2. The van der Waals surface area contributed by atoms with Crippen LogP contribution in [0.25, 0.3) is 82.1 Å². The van der Waals surface area contributed by atoms with Crippen molar-refractivity contribution in [2.45, 2.75) is 0 Å². The van der Waals surface area contributed by atoms with Crippen LogP contribution in [0.4, 0.5) is 0 Å². The van der Waals surface area contributed by atoms with Gasteiger partial charge in [-0.15, -0.1) is 0 Å². The minimum atomic E-state index is 0.913. The van der Waals surface area contributed by atoms with E-state index in [2.05, 4.69) is 113 Å². The lowest BCUT2D eigenvalue weighted by Gasteiger charge is -2.14. The third-order valence-electron chi connectivity index (χ3n) is 8.24. The van der Waals surface area contributed by atoms with E-state index in [9.17, 15) is 0 Å². The molecule has 0 aliphatic heterocycles. The quantitative estimate of drug-likeness (QED) is 0.217. The van der Waals surface area contributed by atoms with Gasteiger partial charge < -0.3 is 8.98 Å². The highest BCUT2D eigenvalue weighted by Crippen LogP contribution is 2.41. The van der Waals surface area contributed by atoms with Crippen molar-refractivity contribution in [2.75, 3.05) is 0 Å². The summed E-state index contributed by atoms with van der Waals surface area (Å²) in [5, 5.41) is 9.56. The molecule has 0 N–H and O–H groups in total. The van der Waals surface area contributed by atoms with E-state index in [1.807, 2.05) is 30.6 Å². The van der Waals surface area contributed by atoms with Crippen LogP contribution in [-0.4, -0.2) is 9.55 Å². The molecular formula is C37H22N2O. The molecule has 9 aromatic rings. The zero-order valence-corrected chi connectivity index (χ0v) is 21.5. The zero-order valence-electron chi connectivity index (χ0n) is 21.5. The number of para-hydroxylation sites is 3. The Morgan fingerprint density at radius 2 is 1.25 bits per heavy atom. The summed E-state index contributed by atoms with van der Waals surface area (Å²) in [6.07, 6.45) is 3.79. The van der Waals surface area contributed by atoms with Gasteiger partial charge in [0.05, 0.1) is 11.0 Å². The Kier molecular flexibility index (Phi) is 4.33. The van der Waals surface area contributed by atoms with Gasteiger partial charge in [-0.05, 0) is 81.7 Å². The number of fused-ring (bicyclic) bond motifs is 9. The number of benzene rings is 6. The number of hydrogen-bond donors (Lipinski definition) is 0. The Balaban J connectivity index is 1.41. The fourth-order valence-corrected chi connectivity index (χ4v) is 6.46. The van der Waals surface area contributed by atoms with Gasteiger partial charge in [-0.3, -0.25) is 4.98 Å². The molecule has 3 heteroatoms. The van der Waals surface area contributed by atoms with Gasteiger partial charge >= 0.3 is 0 Å². The van der Waals surface area contributed by atoms with Crippen LogP contribution in [0, 0.1) is 0 Å². The van der Waals surface area contributed by atoms with Gasteiger partial charge in [0.1, 0.15) is 11.2 Å². The monoisotopic (exact) mass is 510 g/mol. The third kappa shape index (κ3) is 2.97. The summed E-state index contributed by atoms with van der Waals surface area (Å²) < 4.78 is 8.67. The van der Waals surface area contributed by atoms with Crippen molar-refractivity contribution in [2.24, 2.45) is 0 Å². The molecule has 40 heavy (non-hydrogen) atoms. The second-order valence-electron chi connectivity index (χ2n) is 10.4. The topological polar surface area (TPSA) is 31.0 Å². The first-order valence-corrected chi connectivity index (χ1v) is 13.5. The minimum absolute atomic E-state index is 0.913. The van der Waals surface area contributed by atoms with Crippen LogP contribution in [-0.2, 0) is 0 Å². The van der Waals surface area contributed by atoms with E-state index in [0.717, 1.165) is 33.2 Å². The fraction of sp³-hybridized carbons (Fsp3) is 0. The predicted octanol–water partition coefficient (Wildman–Crippen LogP) is 10.1. The van der Waals surface area contributed by atoms with E-state index >= 15 is 0 Å². The molecule has 0 radical (unpaired) electrons. The second-order valence-corrected chi connectivity index (χ2v) is 10.4.